The third-order valence-corrected chi connectivity index (χ3v) is 3.71. The molecule has 2 atom stereocenters. The summed E-state index contributed by atoms with van der Waals surface area (Å²) in [4.78, 5) is 0. The van der Waals surface area contributed by atoms with Crippen molar-refractivity contribution in [1.82, 2.24) is 0 Å². The Hall–Kier alpha value is 0.270. The molecule has 0 aromatic carbocycles. The van der Waals surface area contributed by atoms with E-state index in [0.29, 0.717) is 11.8 Å². The first-order valence-corrected chi connectivity index (χ1v) is 4.76. The van der Waals surface area contributed by atoms with Gasteiger partial charge in [-0.2, -0.15) is 11.8 Å². The van der Waals surface area contributed by atoms with E-state index in [1.165, 1.54) is 12.2 Å². The zero-order chi connectivity index (χ0) is 7.61. The molecule has 2 nitrogen and oxygen atoms in total. The van der Waals surface area contributed by atoms with Crippen LogP contribution in [0.5, 0.6) is 0 Å². The predicted octanol–water partition coefficient (Wildman–Crippen LogP) is 0.592. The molecule has 0 aromatic rings. The quantitative estimate of drug-likeness (QED) is 0.623. The molecule has 1 heterocycles. The first-order chi connectivity index (χ1) is 4.67. The molecule has 1 aliphatic rings. The molecule has 1 saturated heterocycles. The van der Waals surface area contributed by atoms with Crippen LogP contribution in [0.25, 0.3) is 0 Å². The zero-order valence-corrected chi connectivity index (χ0v) is 7.16. The van der Waals surface area contributed by atoms with E-state index in [2.05, 4.69) is 0 Å². The van der Waals surface area contributed by atoms with Gasteiger partial charge in [-0.05, 0) is 25.5 Å². The van der Waals surface area contributed by atoms with E-state index in [1.807, 2.05) is 18.7 Å². The van der Waals surface area contributed by atoms with E-state index >= 15 is 0 Å². The van der Waals surface area contributed by atoms with Crippen LogP contribution in [0, 0.1) is 0 Å². The lowest BCUT2D eigenvalue weighted by Crippen LogP contribution is -2.43. The molecule has 0 radical (unpaired) electrons. The van der Waals surface area contributed by atoms with Gasteiger partial charge in [0, 0.05) is 11.8 Å². The van der Waals surface area contributed by atoms with Crippen LogP contribution < -0.4 is 5.73 Å². The van der Waals surface area contributed by atoms with Crippen molar-refractivity contribution in [3.63, 3.8) is 0 Å². The van der Waals surface area contributed by atoms with E-state index < -0.39 is 5.60 Å². The minimum atomic E-state index is -0.638. The summed E-state index contributed by atoms with van der Waals surface area (Å²) < 4.78 is 0. The molecular weight excluding hydrogens is 146 g/mol. The Bertz CT molecular complexity index is 110. The molecule has 0 aromatic heterocycles. The molecule has 0 aliphatic carbocycles. The molecule has 0 bridgehead atoms. The van der Waals surface area contributed by atoms with Gasteiger partial charge in [-0.25, -0.2) is 0 Å². The number of hydrogen-bond acceptors (Lipinski definition) is 3. The van der Waals surface area contributed by atoms with Crippen molar-refractivity contribution in [3.8, 4) is 0 Å². The highest BCUT2D eigenvalue weighted by Gasteiger charge is 2.32. The molecule has 2 unspecified atom stereocenters. The Morgan fingerprint density at radius 3 is 2.90 bits per heavy atom. The van der Waals surface area contributed by atoms with Gasteiger partial charge in [0.2, 0.25) is 0 Å². The van der Waals surface area contributed by atoms with Crippen LogP contribution in [0.4, 0.5) is 0 Å². The van der Waals surface area contributed by atoms with E-state index in [0.717, 1.165) is 6.42 Å². The van der Waals surface area contributed by atoms with Gasteiger partial charge in [0.1, 0.15) is 0 Å². The van der Waals surface area contributed by atoms with E-state index in [9.17, 15) is 5.11 Å². The van der Waals surface area contributed by atoms with Crippen molar-refractivity contribution in [1.29, 1.82) is 0 Å². The van der Waals surface area contributed by atoms with Gasteiger partial charge in [-0.3, -0.25) is 0 Å². The van der Waals surface area contributed by atoms with E-state index in [1.54, 1.807) is 0 Å². The summed E-state index contributed by atoms with van der Waals surface area (Å²) in [6, 6.07) is 0. The maximum absolute atomic E-state index is 9.68. The molecule has 0 amide bonds. The molecular formula is C7H15NOS. The summed E-state index contributed by atoms with van der Waals surface area (Å²) in [6.45, 7) is 2.21. The molecule has 3 N–H and O–H groups in total. The first-order valence-electron chi connectivity index (χ1n) is 3.71. The Kier molecular flexibility index (Phi) is 2.61. The maximum atomic E-state index is 9.68. The second kappa shape index (κ2) is 3.11. The fourth-order valence-corrected chi connectivity index (χ4v) is 2.61. The summed E-state index contributed by atoms with van der Waals surface area (Å²) >= 11 is 1.84. The van der Waals surface area contributed by atoms with Gasteiger partial charge in [0.15, 0.2) is 0 Å². The Labute approximate surface area is 66.2 Å². The average molecular weight is 161 g/mol. The molecule has 1 rings (SSSR count). The van der Waals surface area contributed by atoms with Gasteiger partial charge >= 0.3 is 0 Å². The SMILES string of the molecule is CC(O)(CN)C1CCCS1. The van der Waals surface area contributed by atoms with Gasteiger partial charge in [-0.1, -0.05) is 0 Å². The Morgan fingerprint density at radius 1 is 1.80 bits per heavy atom. The van der Waals surface area contributed by atoms with Gasteiger partial charge in [0.25, 0.3) is 0 Å². The molecule has 10 heavy (non-hydrogen) atoms. The van der Waals surface area contributed by atoms with Crippen molar-refractivity contribution >= 4 is 11.8 Å². The van der Waals surface area contributed by atoms with Crippen LogP contribution in [0.15, 0.2) is 0 Å². The van der Waals surface area contributed by atoms with Crippen LogP contribution in [0.2, 0.25) is 0 Å². The number of nitrogens with two attached hydrogens (primary N) is 1. The summed E-state index contributed by atoms with van der Waals surface area (Å²) in [7, 11) is 0. The largest absolute Gasteiger partial charge is 0.388 e. The van der Waals surface area contributed by atoms with Crippen LogP contribution >= 0.6 is 11.8 Å². The molecule has 0 saturated carbocycles. The molecule has 0 spiro atoms. The van der Waals surface area contributed by atoms with E-state index in [4.69, 9.17) is 5.73 Å². The minimum Gasteiger partial charge on any atom is -0.388 e. The normalized spacial score (nSPS) is 32.1. The lowest BCUT2D eigenvalue weighted by atomic mass is 9.99. The fraction of sp³-hybridized carbons (Fsp3) is 1.00. The van der Waals surface area contributed by atoms with Crippen LogP contribution in [0.1, 0.15) is 19.8 Å². The van der Waals surface area contributed by atoms with Crippen molar-refractivity contribution in [3.05, 3.63) is 0 Å². The maximum Gasteiger partial charge on any atom is 0.0859 e. The second-order valence-electron chi connectivity index (χ2n) is 3.06. The topological polar surface area (TPSA) is 46.2 Å². The van der Waals surface area contributed by atoms with Crippen LogP contribution in [0.3, 0.4) is 0 Å². The van der Waals surface area contributed by atoms with Crippen molar-refractivity contribution in [2.24, 2.45) is 5.73 Å². The van der Waals surface area contributed by atoms with Crippen LogP contribution in [-0.2, 0) is 0 Å². The standard InChI is InChI=1S/C7H15NOS/c1-7(9,5-8)6-3-2-4-10-6/h6,9H,2-5,8H2,1H3. The smallest absolute Gasteiger partial charge is 0.0859 e. The summed E-state index contributed by atoms with van der Waals surface area (Å²) in [5.74, 6) is 1.18. The van der Waals surface area contributed by atoms with Gasteiger partial charge in [-0.15, -0.1) is 0 Å². The Morgan fingerprint density at radius 2 is 2.50 bits per heavy atom. The van der Waals surface area contributed by atoms with Crippen molar-refractivity contribution in [2.45, 2.75) is 30.6 Å². The molecule has 3 heteroatoms. The number of hydrogen-bond donors (Lipinski definition) is 2. The second-order valence-corrected chi connectivity index (χ2v) is 4.37. The summed E-state index contributed by atoms with van der Waals surface area (Å²) in [5.41, 5.74) is 4.79. The number of aliphatic hydroxyl groups is 1. The summed E-state index contributed by atoms with van der Waals surface area (Å²) in [5, 5.41) is 10.0. The van der Waals surface area contributed by atoms with Crippen molar-refractivity contribution < 1.29 is 5.11 Å². The monoisotopic (exact) mass is 161 g/mol. The van der Waals surface area contributed by atoms with E-state index in [-0.39, 0.29) is 0 Å². The van der Waals surface area contributed by atoms with Crippen LogP contribution in [-0.4, -0.2) is 28.3 Å². The third kappa shape index (κ3) is 1.65. The third-order valence-electron chi connectivity index (χ3n) is 2.04. The molecule has 1 fully saturated rings. The number of thioether (sulfide) groups is 1. The predicted molar refractivity (Wildman–Crippen MR) is 45.2 cm³/mol. The lowest BCUT2D eigenvalue weighted by molar-refractivity contribution is 0.0660. The first kappa shape index (κ1) is 8.37. The minimum absolute atomic E-state index is 0.373. The molecule has 1 aliphatic heterocycles. The Balaban J connectivity index is 2.45. The van der Waals surface area contributed by atoms with Gasteiger partial charge < -0.3 is 10.8 Å². The lowest BCUT2D eigenvalue weighted by Gasteiger charge is -2.27. The zero-order valence-electron chi connectivity index (χ0n) is 6.34. The highest BCUT2D eigenvalue weighted by molar-refractivity contribution is 8.00. The fourth-order valence-electron chi connectivity index (χ4n) is 1.20. The summed E-state index contributed by atoms with van der Waals surface area (Å²) in [6.07, 6.45) is 2.35. The average Bonchev–Trinajstić information content (AvgIpc) is 2.38. The number of rotatable bonds is 2. The van der Waals surface area contributed by atoms with Gasteiger partial charge in [0.05, 0.1) is 5.60 Å². The van der Waals surface area contributed by atoms with Crippen molar-refractivity contribution in [2.75, 3.05) is 12.3 Å². The molecule has 60 valence electrons. The highest BCUT2D eigenvalue weighted by atomic mass is 32.2. The highest BCUT2D eigenvalue weighted by Crippen LogP contribution is 2.33.